The van der Waals surface area contributed by atoms with Crippen LogP contribution in [-0.4, -0.2) is 12.0 Å². The van der Waals surface area contributed by atoms with Crippen molar-refractivity contribution in [3.05, 3.63) is 58.2 Å². The maximum atomic E-state index is 4.39. The predicted molar refractivity (Wildman–Crippen MR) is 79.9 cm³/mol. The van der Waals surface area contributed by atoms with Gasteiger partial charge in [0.1, 0.15) is 5.82 Å². The molecule has 0 radical (unpaired) electrons. The van der Waals surface area contributed by atoms with Crippen LogP contribution in [0, 0.1) is 0 Å². The van der Waals surface area contributed by atoms with Crippen molar-refractivity contribution < 1.29 is 0 Å². The van der Waals surface area contributed by atoms with E-state index in [4.69, 9.17) is 0 Å². The number of hydrogen-bond acceptors (Lipinski definition) is 2. The first-order chi connectivity index (χ1) is 8.69. The average molecular weight is 305 g/mol. The van der Waals surface area contributed by atoms with E-state index in [-0.39, 0.29) is 0 Å². The van der Waals surface area contributed by atoms with Crippen molar-refractivity contribution in [2.24, 2.45) is 0 Å². The fourth-order valence-corrected chi connectivity index (χ4v) is 2.06. The minimum Gasteiger partial charge on any atom is -0.355 e. The summed E-state index contributed by atoms with van der Waals surface area (Å²) in [5.41, 5.74) is 2.68. The molecule has 2 rings (SSSR count). The highest BCUT2D eigenvalue weighted by atomic mass is 79.9. The molecule has 0 unspecified atom stereocenters. The SMILES string of the molecule is CCc1ccc(CN(C)c2ccc(Br)cn2)cc1. The minimum absolute atomic E-state index is 0.874. The second kappa shape index (κ2) is 6.01. The van der Waals surface area contributed by atoms with E-state index in [1.54, 1.807) is 0 Å². The van der Waals surface area contributed by atoms with Crippen LogP contribution in [0.3, 0.4) is 0 Å². The zero-order valence-electron chi connectivity index (χ0n) is 10.7. The highest BCUT2D eigenvalue weighted by molar-refractivity contribution is 9.10. The van der Waals surface area contributed by atoms with Crippen LogP contribution in [0.5, 0.6) is 0 Å². The van der Waals surface area contributed by atoms with Gasteiger partial charge in [-0.3, -0.25) is 0 Å². The lowest BCUT2D eigenvalue weighted by atomic mass is 10.1. The van der Waals surface area contributed by atoms with Gasteiger partial charge in [0, 0.05) is 24.3 Å². The Kier molecular flexibility index (Phi) is 4.37. The second-order valence-corrected chi connectivity index (χ2v) is 5.28. The van der Waals surface area contributed by atoms with Gasteiger partial charge < -0.3 is 4.90 Å². The zero-order valence-corrected chi connectivity index (χ0v) is 12.3. The van der Waals surface area contributed by atoms with E-state index >= 15 is 0 Å². The van der Waals surface area contributed by atoms with E-state index in [1.165, 1.54) is 11.1 Å². The summed E-state index contributed by atoms with van der Waals surface area (Å²) in [4.78, 5) is 6.53. The Hall–Kier alpha value is -1.35. The normalized spacial score (nSPS) is 10.4. The van der Waals surface area contributed by atoms with Gasteiger partial charge in [0.05, 0.1) is 0 Å². The van der Waals surface area contributed by atoms with Crippen LogP contribution in [0.15, 0.2) is 47.1 Å². The van der Waals surface area contributed by atoms with Gasteiger partial charge in [0.25, 0.3) is 0 Å². The monoisotopic (exact) mass is 304 g/mol. The number of anilines is 1. The maximum Gasteiger partial charge on any atom is 0.128 e. The number of rotatable bonds is 4. The van der Waals surface area contributed by atoms with Gasteiger partial charge in [-0.1, -0.05) is 31.2 Å². The number of benzene rings is 1. The molecular formula is C15H17BrN2. The third kappa shape index (κ3) is 3.33. The molecule has 0 spiro atoms. The van der Waals surface area contributed by atoms with Crippen molar-refractivity contribution in [3.63, 3.8) is 0 Å². The molecule has 0 saturated heterocycles. The lowest BCUT2D eigenvalue weighted by Crippen LogP contribution is -2.17. The predicted octanol–water partition coefficient (Wildman–Crippen LogP) is 4.04. The fourth-order valence-electron chi connectivity index (χ4n) is 1.83. The van der Waals surface area contributed by atoms with E-state index < -0.39 is 0 Å². The van der Waals surface area contributed by atoms with Crippen molar-refractivity contribution in [1.29, 1.82) is 0 Å². The lowest BCUT2D eigenvalue weighted by molar-refractivity contribution is 0.896. The number of aryl methyl sites for hydroxylation is 1. The molecule has 0 fully saturated rings. The minimum atomic E-state index is 0.874. The molecule has 1 aromatic heterocycles. The molecule has 1 aromatic carbocycles. The molecule has 18 heavy (non-hydrogen) atoms. The standard InChI is InChI=1S/C15H17BrN2/c1-3-12-4-6-13(7-5-12)11-18(2)15-9-8-14(16)10-17-15/h4-10H,3,11H2,1-2H3. The third-order valence-corrected chi connectivity index (χ3v) is 3.42. The van der Waals surface area contributed by atoms with Crippen molar-refractivity contribution in [1.82, 2.24) is 4.98 Å². The molecule has 2 nitrogen and oxygen atoms in total. The van der Waals surface area contributed by atoms with Gasteiger partial charge in [-0.25, -0.2) is 4.98 Å². The van der Waals surface area contributed by atoms with Crippen LogP contribution in [0.1, 0.15) is 18.1 Å². The number of nitrogens with zero attached hydrogens (tertiary/aromatic N) is 2. The molecule has 1 heterocycles. The van der Waals surface area contributed by atoms with Crippen LogP contribution >= 0.6 is 15.9 Å². The average Bonchev–Trinajstić information content (AvgIpc) is 2.40. The summed E-state index contributed by atoms with van der Waals surface area (Å²) in [6.07, 6.45) is 2.91. The largest absolute Gasteiger partial charge is 0.355 e. The van der Waals surface area contributed by atoms with Crippen LogP contribution < -0.4 is 4.90 Å². The number of halogens is 1. The van der Waals surface area contributed by atoms with Crippen LogP contribution in [0.2, 0.25) is 0 Å². The van der Waals surface area contributed by atoms with E-state index in [1.807, 2.05) is 18.3 Å². The topological polar surface area (TPSA) is 16.1 Å². The van der Waals surface area contributed by atoms with E-state index in [0.29, 0.717) is 0 Å². The summed E-state index contributed by atoms with van der Waals surface area (Å²) < 4.78 is 1.01. The first-order valence-corrected chi connectivity index (χ1v) is 6.89. The Morgan fingerprint density at radius 1 is 1.06 bits per heavy atom. The van der Waals surface area contributed by atoms with E-state index in [2.05, 4.69) is 64.1 Å². The zero-order chi connectivity index (χ0) is 13.0. The Balaban J connectivity index is 2.05. The Labute approximate surface area is 117 Å². The smallest absolute Gasteiger partial charge is 0.128 e. The maximum absolute atomic E-state index is 4.39. The van der Waals surface area contributed by atoms with Crippen LogP contribution in [0.4, 0.5) is 5.82 Å². The van der Waals surface area contributed by atoms with Crippen molar-refractivity contribution in [2.45, 2.75) is 19.9 Å². The molecule has 0 bridgehead atoms. The molecule has 94 valence electrons. The highest BCUT2D eigenvalue weighted by Crippen LogP contribution is 2.16. The lowest BCUT2D eigenvalue weighted by Gasteiger charge is -2.18. The first-order valence-electron chi connectivity index (χ1n) is 6.09. The molecule has 0 aliphatic carbocycles. The first kappa shape index (κ1) is 13.1. The summed E-state index contributed by atoms with van der Waals surface area (Å²) in [5.74, 6) is 0.984. The molecule has 0 saturated carbocycles. The molecule has 3 heteroatoms. The highest BCUT2D eigenvalue weighted by Gasteiger charge is 2.03. The van der Waals surface area contributed by atoms with E-state index in [9.17, 15) is 0 Å². The van der Waals surface area contributed by atoms with Crippen molar-refractivity contribution in [2.75, 3.05) is 11.9 Å². The fraction of sp³-hybridized carbons (Fsp3) is 0.267. The van der Waals surface area contributed by atoms with Gasteiger partial charge in [-0.2, -0.15) is 0 Å². The third-order valence-electron chi connectivity index (χ3n) is 2.95. The summed E-state index contributed by atoms with van der Waals surface area (Å²) in [6, 6.07) is 12.8. The molecule has 0 atom stereocenters. The second-order valence-electron chi connectivity index (χ2n) is 4.36. The number of hydrogen-bond donors (Lipinski definition) is 0. The quantitative estimate of drug-likeness (QED) is 0.847. The molecule has 2 aromatic rings. The van der Waals surface area contributed by atoms with E-state index in [0.717, 1.165) is 23.3 Å². The van der Waals surface area contributed by atoms with Gasteiger partial charge in [-0.15, -0.1) is 0 Å². The Bertz CT molecular complexity index is 491. The van der Waals surface area contributed by atoms with Gasteiger partial charge in [0.15, 0.2) is 0 Å². The number of pyridine rings is 1. The Morgan fingerprint density at radius 3 is 2.28 bits per heavy atom. The summed E-state index contributed by atoms with van der Waals surface area (Å²) in [7, 11) is 2.06. The van der Waals surface area contributed by atoms with Gasteiger partial charge in [-0.05, 0) is 45.6 Å². The molecule has 0 N–H and O–H groups in total. The van der Waals surface area contributed by atoms with Gasteiger partial charge in [0.2, 0.25) is 0 Å². The van der Waals surface area contributed by atoms with Crippen LogP contribution in [0.25, 0.3) is 0 Å². The summed E-state index contributed by atoms with van der Waals surface area (Å²) in [6.45, 7) is 3.05. The molecular weight excluding hydrogens is 288 g/mol. The van der Waals surface area contributed by atoms with Gasteiger partial charge >= 0.3 is 0 Å². The van der Waals surface area contributed by atoms with Crippen molar-refractivity contribution >= 4 is 21.7 Å². The summed E-state index contributed by atoms with van der Waals surface area (Å²) in [5, 5.41) is 0. The molecule has 0 amide bonds. The van der Waals surface area contributed by atoms with Crippen LogP contribution in [-0.2, 0) is 13.0 Å². The number of aromatic nitrogens is 1. The summed E-state index contributed by atoms with van der Waals surface area (Å²) >= 11 is 3.40. The van der Waals surface area contributed by atoms with Crippen molar-refractivity contribution in [3.8, 4) is 0 Å². The Morgan fingerprint density at radius 2 is 1.72 bits per heavy atom. The molecule has 0 aliphatic heterocycles. The molecule has 0 aliphatic rings.